The first-order valence-corrected chi connectivity index (χ1v) is 4.34. The summed E-state index contributed by atoms with van der Waals surface area (Å²) < 4.78 is 5.23. The quantitative estimate of drug-likeness (QED) is 0.376. The molecule has 1 aliphatic heterocycles. The largest absolute Gasteiger partial charge is 0.365 e. The molecule has 1 rings (SSSR count). The zero-order chi connectivity index (χ0) is 6.69. The molecule has 0 aliphatic carbocycles. The molecule has 0 amide bonds. The predicted molar refractivity (Wildman–Crippen MR) is 41.9 cm³/mol. The first-order chi connectivity index (χ1) is 4.38. The van der Waals surface area contributed by atoms with Crippen molar-refractivity contribution < 1.29 is 4.74 Å². The SMILES string of the molecule is C=CC1OC1CCCBr. The smallest absolute Gasteiger partial charge is 0.102 e. The van der Waals surface area contributed by atoms with Gasteiger partial charge in [0, 0.05) is 5.33 Å². The van der Waals surface area contributed by atoms with E-state index in [4.69, 9.17) is 4.74 Å². The van der Waals surface area contributed by atoms with Gasteiger partial charge < -0.3 is 4.74 Å². The van der Waals surface area contributed by atoms with E-state index in [1.807, 2.05) is 6.08 Å². The van der Waals surface area contributed by atoms with Gasteiger partial charge >= 0.3 is 0 Å². The van der Waals surface area contributed by atoms with Crippen molar-refractivity contribution in [3.05, 3.63) is 12.7 Å². The maximum Gasteiger partial charge on any atom is 0.102 e. The Labute approximate surface area is 64.2 Å². The van der Waals surface area contributed by atoms with Crippen molar-refractivity contribution in [2.24, 2.45) is 0 Å². The van der Waals surface area contributed by atoms with E-state index in [-0.39, 0.29) is 0 Å². The Balaban J connectivity index is 1.98. The molecule has 1 saturated heterocycles. The minimum atomic E-state index is 0.365. The number of ether oxygens (including phenoxy) is 1. The molecule has 9 heavy (non-hydrogen) atoms. The van der Waals surface area contributed by atoms with Crippen LogP contribution in [0.2, 0.25) is 0 Å². The van der Waals surface area contributed by atoms with Crippen LogP contribution in [0, 0.1) is 0 Å². The minimum Gasteiger partial charge on any atom is -0.365 e. The Bertz CT molecular complexity index is 103. The van der Waals surface area contributed by atoms with Crippen molar-refractivity contribution >= 4 is 15.9 Å². The third-order valence-electron chi connectivity index (χ3n) is 1.48. The standard InChI is InChI=1S/C7H11BrO/c1-2-6-7(9-6)4-3-5-8/h2,6-7H,1,3-5H2. The molecule has 0 bridgehead atoms. The number of alkyl halides is 1. The molecule has 2 heteroatoms. The van der Waals surface area contributed by atoms with Gasteiger partial charge in [-0.2, -0.15) is 0 Å². The summed E-state index contributed by atoms with van der Waals surface area (Å²) in [7, 11) is 0. The van der Waals surface area contributed by atoms with Crippen molar-refractivity contribution in [3.63, 3.8) is 0 Å². The first kappa shape index (κ1) is 7.29. The number of hydrogen-bond acceptors (Lipinski definition) is 1. The lowest BCUT2D eigenvalue weighted by Gasteiger charge is -1.86. The van der Waals surface area contributed by atoms with Gasteiger partial charge in [-0.3, -0.25) is 0 Å². The van der Waals surface area contributed by atoms with Gasteiger partial charge in [0.25, 0.3) is 0 Å². The lowest BCUT2D eigenvalue weighted by atomic mass is 10.2. The molecule has 52 valence electrons. The van der Waals surface area contributed by atoms with E-state index in [9.17, 15) is 0 Å². The molecule has 0 radical (unpaired) electrons. The highest BCUT2D eigenvalue weighted by atomic mass is 79.9. The van der Waals surface area contributed by atoms with Gasteiger partial charge in [0.1, 0.15) is 6.10 Å². The van der Waals surface area contributed by atoms with E-state index >= 15 is 0 Å². The molecule has 0 saturated carbocycles. The molecule has 1 heterocycles. The van der Waals surface area contributed by atoms with Crippen LogP contribution in [0.4, 0.5) is 0 Å². The van der Waals surface area contributed by atoms with E-state index in [0.717, 1.165) is 5.33 Å². The zero-order valence-corrected chi connectivity index (χ0v) is 6.93. The number of rotatable bonds is 4. The van der Waals surface area contributed by atoms with Crippen molar-refractivity contribution in [3.8, 4) is 0 Å². The first-order valence-electron chi connectivity index (χ1n) is 3.22. The van der Waals surface area contributed by atoms with Crippen LogP contribution in [0.3, 0.4) is 0 Å². The van der Waals surface area contributed by atoms with Crippen molar-refractivity contribution in [1.29, 1.82) is 0 Å². The highest BCUT2D eigenvalue weighted by Gasteiger charge is 2.34. The van der Waals surface area contributed by atoms with Crippen LogP contribution in [0.1, 0.15) is 12.8 Å². The molecule has 2 unspecified atom stereocenters. The van der Waals surface area contributed by atoms with Gasteiger partial charge in [0.2, 0.25) is 0 Å². The highest BCUT2D eigenvalue weighted by Crippen LogP contribution is 2.27. The lowest BCUT2D eigenvalue weighted by Crippen LogP contribution is -1.89. The molecule has 1 aliphatic rings. The van der Waals surface area contributed by atoms with E-state index in [0.29, 0.717) is 12.2 Å². The van der Waals surface area contributed by atoms with Gasteiger partial charge in [-0.15, -0.1) is 6.58 Å². The Hall–Kier alpha value is 0.180. The van der Waals surface area contributed by atoms with Gasteiger partial charge in [0.05, 0.1) is 6.10 Å². The van der Waals surface area contributed by atoms with Gasteiger partial charge in [0.15, 0.2) is 0 Å². The molecule has 0 N–H and O–H groups in total. The molecule has 0 aromatic rings. The molecule has 0 spiro atoms. The van der Waals surface area contributed by atoms with Crippen LogP contribution >= 0.6 is 15.9 Å². The topological polar surface area (TPSA) is 12.5 Å². The van der Waals surface area contributed by atoms with Crippen LogP contribution in [-0.4, -0.2) is 17.5 Å². The number of hydrogen-bond donors (Lipinski definition) is 0. The highest BCUT2D eigenvalue weighted by molar-refractivity contribution is 9.09. The van der Waals surface area contributed by atoms with E-state index in [2.05, 4.69) is 22.5 Å². The number of epoxide rings is 1. The van der Waals surface area contributed by atoms with Crippen LogP contribution in [0.5, 0.6) is 0 Å². The van der Waals surface area contributed by atoms with Crippen LogP contribution in [-0.2, 0) is 4.74 Å². The summed E-state index contributed by atoms with van der Waals surface area (Å²) in [6.45, 7) is 3.64. The number of halogens is 1. The maximum atomic E-state index is 5.23. The van der Waals surface area contributed by atoms with Crippen molar-refractivity contribution in [1.82, 2.24) is 0 Å². The Kier molecular flexibility index (Phi) is 2.73. The molecule has 1 nitrogen and oxygen atoms in total. The maximum absolute atomic E-state index is 5.23. The zero-order valence-electron chi connectivity index (χ0n) is 5.35. The third-order valence-corrected chi connectivity index (χ3v) is 2.04. The molecule has 1 fully saturated rings. The molecule has 2 atom stereocenters. The van der Waals surface area contributed by atoms with Crippen LogP contribution < -0.4 is 0 Å². The second-order valence-electron chi connectivity index (χ2n) is 2.21. The molecular formula is C7H11BrO. The van der Waals surface area contributed by atoms with Crippen LogP contribution in [0.15, 0.2) is 12.7 Å². The van der Waals surface area contributed by atoms with Crippen molar-refractivity contribution in [2.45, 2.75) is 25.0 Å². The molecular weight excluding hydrogens is 180 g/mol. The summed E-state index contributed by atoms with van der Waals surface area (Å²) in [5, 5.41) is 1.08. The lowest BCUT2D eigenvalue weighted by molar-refractivity contribution is 0.378. The molecule has 0 aromatic heterocycles. The third kappa shape index (κ3) is 2.11. The average Bonchev–Trinajstić information content (AvgIpc) is 2.62. The minimum absolute atomic E-state index is 0.365. The van der Waals surface area contributed by atoms with E-state index < -0.39 is 0 Å². The van der Waals surface area contributed by atoms with Crippen LogP contribution in [0.25, 0.3) is 0 Å². The van der Waals surface area contributed by atoms with Gasteiger partial charge in [-0.05, 0) is 12.8 Å². The summed E-state index contributed by atoms with van der Waals surface area (Å²) in [5.74, 6) is 0. The summed E-state index contributed by atoms with van der Waals surface area (Å²) in [4.78, 5) is 0. The average molecular weight is 191 g/mol. The van der Waals surface area contributed by atoms with E-state index in [1.54, 1.807) is 0 Å². The Morgan fingerprint density at radius 1 is 1.67 bits per heavy atom. The summed E-state index contributed by atoms with van der Waals surface area (Å²) in [6.07, 6.45) is 5.10. The molecule has 0 aromatic carbocycles. The fraction of sp³-hybridized carbons (Fsp3) is 0.714. The fourth-order valence-electron chi connectivity index (χ4n) is 0.874. The normalized spacial score (nSPS) is 32.1. The van der Waals surface area contributed by atoms with E-state index in [1.165, 1.54) is 12.8 Å². The van der Waals surface area contributed by atoms with Gasteiger partial charge in [-0.25, -0.2) is 0 Å². The second-order valence-corrected chi connectivity index (χ2v) is 3.00. The Morgan fingerprint density at radius 3 is 2.89 bits per heavy atom. The van der Waals surface area contributed by atoms with Crippen molar-refractivity contribution in [2.75, 3.05) is 5.33 Å². The summed E-state index contributed by atoms with van der Waals surface area (Å²) in [6, 6.07) is 0. The fourth-order valence-corrected chi connectivity index (χ4v) is 1.20. The summed E-state index contributed by atoms with van der Waals surface area (Å²) >= 11 is 3.37. The monoisotopic (exact) mass is 190 g/mol. The predicted octanol–water partition coefficient (Wildman–Crippen LogP) is 2.11. The second kappa shape index (κ2) is 3.37. The van der Waals surface area contributed by atoms with Gasteiger partial charge in [-0.1, -0.05) is 22.0 Å². The summed E-state index contributed by atoms with van der Waals surface area (Å²) in [5.41, 5.74) is 0. The Morgan fingerprint density at radius 2 is 2.44 bits per heavy atom.